The van der Waals surface area contributed by atoms with E-state index in [9.17, 15) is 26.7 Å². The Kier molecular flexibility index (Phi) is 6.43. The summed E-state index contributed by atoms with van der Waals surface area (Å²) in [4.78, 5) is 16.9. The number of rotatable bonds is 5. The van der Waals surface area contributed by atoms with Crippen LogP contribution in [0.2, 0.25) is 0 Å². The van der Waals surface area contributed by atoms with Crippen LogP contribution in [0.25, 0.3) is 0 Å². The van der Waals surface area contributed by atoms with Crippen molar-refractivity contribution < 1.29 is 41.3 Å². The van der Waals surface area contributed by atoms with E-state index in [-0.39, 0.29) is 17.9 Å². The number of halogens is 5. The zero-order valence-corrected chi connectivity index (χ0v) is 17.3. The molecule has 2 N–H and O–H groups in total. The number of amides is 1. The van der Waals surface area contributed by atoms with Crippen LogP contribution >= 0.6 is 0 Å². The highest BCUT2D eigenvalue weighted by atomic mass is 19.4. The number of carbonyl (C=O) groups excluding carboxylic acids is 1. The number of pyridine rings is 1. The van der Waals surface area contributed by atoms with Gasteiger partial charge in [0.15, 0.2) is 17.2 Å². The van der Waals surface area contributed by atoms with Gasteiger partial charge in [0, 0.05) is 17.4 Å². The fourth-order valence-electron chi connectivity index (χ4n) is 3.85. The topological polar surface area (TPSA) is 80.7 Å². The van der Waals surface area contributed by atoms with E-state index in [0.717, 1.165) is 26.2 Å². The normalized spacial score (nSPS) is 25.6. The molecular formula is C21H21F5N2O4. The van der Waals surface area contributed by atoms with E-state index in [1.807, 2.05) is 0 Å². The monoisotopic (exact) mass is 460 g/mol. The summed E-state index contributed by atoms with van der Waals surface area (Å²) in [7, 11) is 1.05. The molecule has 1 fully saturated rings. The number of aromatic nitrogens is 1. The molecule has 0 spiro atoms. The number of aliphatic hydroxyl groups is 1. The Labute approximate surface area is 180 Å². The molecule has 32 heavy (non-hydrogen) atoms. The van der Waals surface area contributed by atoms with Crippen LogP contribution in [-0.4, -0.2) is 41.0 Å². The lowest BCUT2D eigenvalue weighted by molar-refractivity contribution is -0.272. The number of nitrogens with zero attached hydrogens (tertiary/aromatic N) is 1. The summed E-state index contributed by atoms with van der Waals surface area (Å²) in [5, 5.41) is 11.5. The van der Waals surface area contributed by atoms with Crippen LogP contribution in [0.15, 0.2) is 30.5 Å². The molecule has 0 saturated carbocycles. The quantitative estimate of drug-likeness (QED) is 0.661. The summed E-state index contributed by atoms with van der Waals surface area (Å²) in [5.74, 6) is -6.81. The molecule has 1 aromatic carbocycles. The number of benzene rings is 1. The molecule has 3 rings (SSSR count). The maximum atomic E-state index is 14.3. The Bertz CT molecular complexity index is 999. The number of nitrogens with one attached hydrogen (secondary N) is 1. The van der Waals surface area contributed by atoms with Crippen LogP contribution in [0.4, 0.5) is 27.6 Å². The zero-order valence-electron chi connectivity index (χ0n) is 17.3. The second-order valence-electron chi connectivity index (χ2n) is 7.63. The summed E-state index contributed by atoms with van der Waals surface area (Å²) in [6.45, 7) is 1.70. The Morgan fingerprint density at radius 3 is 2.50 bits per heavy atom. The number of carbonyl (C=O) groups is 1. The van der Waals surface area contributed by atoms with Crippen LogP contribution < -0.4 is 10.1 Å². The van der Waals surface area contributed by atoms with Crippen molar-refractivity contribution in [2.75, 3.05) is 12.4 Å². The number of aliphatic hydroxyl groups excluding tert-OH is 1. The minimum absolute atomic E-state index is 0.124. The molecular weight excluding hydrogens is 439 g/mol. The third-order valence-corrected chi connectivity index (χ3v) is 5.82. The molecule has 2 heterocycles. The molecule has 1 aromatic heterocycles. The minimum atomic E-state index is -4.85. The van der Waals surface area contributed by atoms with Gasteiger partial charge in [-0.15, -0.1) is 0 Å². The molecule has 11 heteroatoms. The lowest BCUT2D eigenvalue weighted by atomic mass is 9.77. The van der Waals surface area contributed by atoms with Crippen molar-refractivity contribution in [1.82, 2.24) is 4.98 Å². The van der Waals surface area contributed by atoms with Crippen LogP contribution in [0.1, 0.15) is 31.0 Å². The number of hydrogen-bond acceptors (Lipinski definition) is 5. The van der Waals surface area contributed by atoms with Crippen LogP contribution in [-0.2, 0) is 16.1 Å². The Morgan fingerprint density at radius 2 is 1.97 bits per heavy atom. The zero-order chi connectivity index (χ0) is 23.8. The molecule has 1 saturated heterocycles. The van der Waals surface area contributed by atoms with Crippen molar-refractivity contribution in [1.29, 1.82) is 0 Å². The molecule has 1 aliphatic heterocycles. The third kappa shape index (κ3) is 4.02. The van der Waals surface area contributed by atoms with Gasteiger partial charge in [0.1, 0.15) is 6.10 Å². The highest BCUT2D eigenvalue weighted by Crippen LogP contribution is 2.54. The van der Waals surface area contributed by atoms with Crippen molar-refractivity contribution in [3.8, 4) is 5.75 Å². The number of ether oxygens (including phenoxy) is 2. The Balaban J connectivity index is 2.05. The van der Waals surface area contributed by atoms with Crippen LogP contribution in [0, 0.1) is 17.6 Å². The molecule has 1 aliphatic rings. The van der Waals surface area contributed by atoms with Crippen molar-refractivity contribution in [3.63, 3.8) is 0 Å². The molecule has 0 unspecified atom stereocenters. The summed E-state index contributed by atoms with van der Waals surface area (Å²) in [6, 6.07) is 4.67. The Morgan fingerprint density at radius 1 is 1.28 bits per heavy atom. The standard InChI is InChI=1S/C21H21F5N2O4/c1-10-15(13-6-7-14(22)16(23)17(13)31-3)18(32-20(10,2)21(24,25)26)19(30)28-11-4-5-12(9-29)27-8-11/h4-8,10,15,18,29H,9H2,1-3H3,(H,28,30)/t10-,15-,18+,20+/m0/s1. The molecule has 0 aliphatic carbocycles. The number of anilines is 1. The van der Waals surface area contributed by atoms with Crippen LogP contribution in [0.5, 0.6) is 5.75 Å². The van der Waals surface area contributed by atoms with E-state index in [1.165, 1.54) is 25.3 Å². The van der Waals surface area contributed by atoms with Crippen LogP contribution in [0.3, 0.4) is 0 Å². The van der Waals surface area contributed by atoms with Gasteiger partial charge in [-0.1, -0.05) is 13.0 Å². The smallest absolute Gasteiger partial charge is 0.417 e. The third-order valence-electron chi connectivity index (χ3n) is 5.82. The first-order valence-corrected chi connectivity index (χ1v) is 9.57. The van der Waals surface area contributed by atoms with Gasteiger partial charge in [0.2, 0.25) is 5.82 Å². The van der Waals surface area contributed by atoms with E-state index in [1.54, 1.807) is 0 Å². The fraction of sp³-hybridized carbons (Fsp3) is 0.429. The predicted octanol–water partition coefficient (Wildman–Crippen LogP) is 3.94. The molecule has 174 valence electrons. The molecule has 1 amide bonds. The molecule has 6 nitrogen and oxygen atoms in total. The Hall–Kier alpha value is -2.79. The number of methoxy groups -OCH3 is 1. The SMILES string of the molecule is COc1c([C@H]2[C@H](C(=O)Nc3ccc(CO)nc3)O[C@@](C)(C(F)(F)F)[C@H]2C)ccc(F)c1F. The van der Waals surface area contributed by atoms with E-state index in [4.69, 9.17) is 14.6 Å². The van der Waals surface area contributed by atoms with Gasteiger partial charge in [-0.2, -0.15) is 17.6 Å². The van der Waals surface area contributed by atoms with Gasteiger partial charge >= 0.3 is 6.18 Å². The van der Waals surface area contributed by atoms with Gasteiger partial charge < -0.3 is 19.9 Å². The summed E-state index contributed by atoms with van der Waals surface area (Å²) < 4.78 is 79.9. The molecule has 4 atom stereocenters. The molecule has 0 radical (unpaired) electrons. The highest BCUT2D eigenvalue weighted by molar-refractivity contribution is 5.95. The fourth-order valence-corrected chi connectivity index (χ4v) is 3.85. The van der Waals surface area contributed by atoms with E-state index < -0.39 is 53.0 Å². The molecule has 2 aromatic rings. The molecule has 0 bridgehead atoms. The number of hydrogen-bond donors (Lipinski definition) is 2. The predicted molar refractivity (Wildman–Crippen MR) is 103 cm³/mol. The largest absolute Gasteiger partial charge is 0.493 e. The highest BCUT2D eigenvalue weighted by Gasteiger charge is 2.65. The minimum Gasteiger partial charge on any atom is -0.493 e. The maximum absolute atomic E-state index is 14.3. The average molecular weight is 460 g/mol. The first-order valence-electron chi connectivity index (χ1n) is 9.57. The second-order valence-corrected chi connectivity index (χ2v) is 7.63. The van der Waals surface area contributed by atoms with E-state index >= 15 is 0 Å². The van der Waals surface area contributed by atoms with Gasteiger partial charge in [0.25, 0.3) is 5.91 Å². The van der Waals surface area contributed by atoms with Gasteiger partial charge in [-0.3, -0.25) is 9.78 Å². The maximum Gasteiger partial charge on any atom is 0.417 e. The van der Waals surface area contributed by atoms with Gasteiger partial charge in [-0.05, 0) is 25.1 Å². The lowest BCUT2D eigenvalue weighted by Gasteiger charge is -2.32. The van der Waals surface area contributed by atoms with E-state index in [0.29, 0.717) is 5.69 Å². The first-order chi connectivity index (χ1) is 14.9. The average Bonchev–Trinajstić information content (AvgIpc) is 3.02. The second kappa shape index (κ2) is 8.62. The van der Waals surface area contributed by atoms with Crippen molar-refractivity contribution in [2.45, 2.75) is 44.3 Å². The van der Waals surface area contributed by atoms with E-state index in [2.05, 4.69) is 10.3 Å². The van der Waals surface area contributed by atoms with Crippen molar-refractivity contribution >= 4 is 11.6 Å². The van der Waals surface area contributed by atoms with Gasteiger partial charge in [0.05, 0.1) is 31.3 Å². The summed E-state index contributed by atoms with van der Waals surface area (Å²) in [5.41, 5.74) is -2.39. The summed E-state index contributed by atoms with van der Waals surface area (Å²) in [6.07, 6.45) is -5.33. The van der Waals surface area contributed by atoms with Crippen molar-refractivity contribution in [3.05, 3.63) is 53.4 Å². The number of alkyl halides is 3. The lowest BCUT2D eigenvalue weighted by Crippen LogP contribution is -2.47. The van der Waals surface area contributed by atoms with Crippen molar-refractivity contribution in [2.24, 2.45) is 5.92 Å². The summed E-state index contributed by atoms with van der Waals surface area (Å²) >= 11 is 0. The first kappa shape index (κ1) is 23.9. The van der Waals surface area contributed by atoms with Gasteiger partial charge in [-0.25, -0.2) is 4.39 Å².